The van der Waals surface area contributed by atoms with E-state index in [2.05, 4.69) is 0 Å². The average Bonchev–Trinajstić information content (AvgIpc) is 2.85. The Balaban J connectivity index is 2.54. The van der Waals surface area contributed by atoms with Crippen molar-refractivity contribution in [2.75, 3.05) is 10.8 Å². The van der Waals surface area contributed by atoms with Gasteiger partial charge in [-0.25, -0.2) is 4.79 Å². The summed E-state index contributed by atoms with van der Waals surface area (Å²) in [6, 6.07) is 0.779. The van der Waals surface area contributed by atoms with E-state index in [1.54, 1.807) is 6.92 Å². The highest BCUT2D eigenvalue weighted by Crippen LogP contribution is 2.59. The van der Waals surface area contributed by atoms with Crippen molar-refractivity contribution in [3.63, 3.8) is 0 Å². The van der Waals surface area contributed by atoms with E-state index < -0.39 is 51.2 Å². The second-order valence-corrected chi connectivity index (χ2v) is 8.25. The van der Waals surface area contributed by atoms with Crippen LogP contribution in [0.1, 0.15) is 30.9 Å². The number of carboxylic acids is 1. The highest BCUT2D eigenvalue weighted by molar-refractivity contribution is 8.26. The number of rotatable bonds is 4. The summed E-state index contributed by atoms with van der Waals surface area (Å²) in [4.78, 5) is 10.9. The van der Waals surface area contributed by atoms with Crippen molar-refractivity contribution < 1.29 is 45.3 Å². The molecule has 2 rings (SSSR count). The molecule has 1 aromatic carbocycles. The summed E-state index contributed by atoms with van der Waals surface area (Å²) in [5, 5.41) is 7.77. The summed E-state index contributed by atoms with van der Waals surface area (Å²) in [5.74, 6) is -1.34. The van der Waals surface area contributed by atoms with Crippen LogP contribution in [0.3, 0.4) is 0 Å². The Kier molecular flexibility index (Phi) is 5.98. The maximum absolute atomic E-state index is 13.0. The third-order valence-electron chi connectivity index (χ3n) is 4.29. The molecule has 3 N–H and O–H groups in total. The normalized spacial score (nSPS) is 21.7. The minimum atomic E-state index is -5.07. The molecular weight excluding hydrogens is 416 g/mol. The smallest absolute Gasteiger partial charge is 0.416 e. The Labute approximate surface area is 157 Å². The Morgan fingerprint density at radius 3 is 2.04 bits per heavy atom. The van der Waals surface area contributed by atoms with Crippen LogP contribution in [-0.2, 0) is 17.1 Å². The van der Waals surface area contributed by atoms with E-state index in [4.69, 9.17) is 5.11 Å². The molecule has 0 aliphatic carbocycles. The maximum Gasteiger partial charge on any atom is 0.416 e. The van der Waals surface area contributed by atoms with Crippen molar-refractivity contribution in [2.45, 2.75) is 37.4 Å². The van der Waals surface area contributed by atoms with Crippen molar-refractivity contribution >= 4 is 22.4 Å². The van der Waals surface area contributed by atoms with E-state index in [1.165, 1.54) is 0 Å². The lowest BCUT2D eigenvalue weighted by molar-refractivity contribution is -0.143. The van der Waals surface area contributed by atoms with Gasteiger partial charge in [0, 0.05) is 12.6 Å². The Morgan fingerprint density at radius 1 is 1.14 bits per heavy atom. The number of carboxylic acid groups (broad SMARTS) is 1. The fourth-order valence-electron chi connectivity index (χ4n) is 3.02. The average molecular weight is 433 g/mol. The molecule has 1 aliphatic heterocycles. The van der Waals surface area contributed by atoms with E-state index >= 15 is 0 Å². The van der Waals surface area contributed by atoms with Crippen LogP contribution in [0.25, 0.3) is 0 Å². The van der Waals surface area contributed by atoms with Crippen molar-refractivity contribution in [1.29, 1.82) is 0 Å². The van der Waals surface area contributed by atoms with Gasteiger partial charge in [-0.3, -0.25) is 13.4 Å². The molecule has 1 aliphatic rings. The van der Waals surface area contributed by atoms with Gasteiger partial charge in [0.25, 0.3) is 0 Å². The predicted molar refractivity (Wildman–Crippen MR) is 91.1 cm³/mol. The van der Waals surface area contributed by atoms with Gasteiger partial charge in [0.05, 0.1) is 22.1 Å². The zero-order valence-corrected chi connectivity index (χ0v) is 15.2. The van der Waals surface area contributed by atoms with Crippen LogP contribution in [0.5, 0.6) is 0 Å². The standard InChI is InChI=1S/C16H17F6NO4S/c1-2-9(5-14(24)25)13-3-4-23(28(13,26)27)12-7-10(15(17,18)19)6-11(8-12)16(20,21)22/h5-8,13,26-27H,2-4H2,1H3,(H,24,25)/b9-5+. The van der Waals surface area contributed by atoms with Gasteiger partial charge in [-0.15, -0.1) is 10.8 Å². The molecule has 28 heavy (non-hydrogen) atoms. The molecule has 0 aromatic heterocycles. The second-order valence-electron chi connectivity index (χ2n) is 6.12. The molecule has 0 saturated carbocycles. The largest absolute Gasteiger partial charge is 0.478 e. The number of hydrogen-bond donors (Lipinski definition) is 3. The SMILES string of the molecule is CC/C(=C\C(=O)O)C1CCN(c2cc(C(F)(F)F)cc(C(F)(F)F)c2)S1(O)O. The fraction of sp³-hybridized carbons (Fsp3) is 0.438. The van der Waals surface area contributed by atoms with Gasteiger partial charge in [-0.2, -0.15) is 26.3 Å². The van der Waals surface area contributed by atoms with Gasteiger partial charge >= 0.3 is 18.3 Å². The van der Waals surface area contributed by atoms with Gasteiger partial charge in [0.2, 0.25) is 0 Å². The summed E-state index contributed by atoms with van der Waals surface area (Å²) in [5.41, 5.74) is -3.66. The minimum absolute atomic E-state index is 0.0348. The zero-order chi connectivity index (χ0) is 21.5. The minimum Gasteiger partial charge on any atom is -0.478 e. The number of carbonyl (C=O) groups is 1. The first-order valence-corrected chi connectivity index (χ1v) is 9.52. The molecule has 1 aromatic rings. The quantitative estimate of drug-likeness (QED) is 0.438. The molecular formula is C16H17F6NO4S. The molecule has 0 spiro atoms. The van der Waals surface area contributed by atoms with E-state index in [0.717, 1.165) is 6.08 Å². The molecule has 1 unspecified atom stereocenters. The van der Waals surface area contributed by atoms with E-state index in [1.807, 2.05) is 0 Å². The van der Waals surface area contributed by atoms with Gasteiger partial charge in [0.15, 0.2) is 0 Å². The van der Waals surface area contributed by atoms with Crippen molar-refractivity contribution in [2.24, 2.45) is 0 Å². The molecule has 12 heteroatoms. The lowest BCUT2D eigenvalue weighted by Gasteiger charge is -2.43. The van der Waals surface area contributed by atoms with E-state index in [-0.39, 0.29) is 31.0 Å². The summed E-state index contributed by atoms with van der Waals surface area (Å²) in [6.07, 6.45) is -9.29. The maximum atomic E-state index is 13.0. The van der Waals surface area contributed by atoms with Gasteiger partial charge in [-0.05, 0) is 36.6 Å². The second kappa shape index (κ2) is 7.48. The molecule has 1 heterocycles. The molecule has 158 valence electrons. The number of aliphatic carboxylic acids is 1. The molecule has 1 saturated heterocycles. The van der Waals surface area contributed by atoms with Crippen LogP contribution in [-0.4, -0.2) is 32.0 Å². The van der Waals surface area contributed by atoms with Crippen molar-refractivity contribution in [3.8, 4) is 0 Å². The first-order valence-electron chi connectivity index (χ1n) is 7.95. The number of anilines is 1. The zero-order valence-electron chi connectivity index (χ0n) is 14.4. The number of hydrogen-bond acceptors (Lipinski definition) is 4. The Bertz CT molecular complexity index is 758. The molecule has 1 atom stereocenters. The lowest BCUT2D eigenvalue weighted by atomic mass is 10.1. The summed E-state index contributed by atoms with van der Waals surface area (Å²) < 4.78 is 100. The van der Waals surface area contributed by atoms with E-state index in [9.17, 15) is 40.2 Å². The van der Waals surface area contributed by atoms with E-state index in [0.29, 0.717) is 16.4 Å². The topological polar surface area (TPSA) is 81.0 Å². The third-order valence-corrected chi connectivity index (χ3v) is 6.64. The highest BCUT2D eigenvalue weighted by atomic mass is 32.3. The van der Waals surface area contributed by atoms with Crippen LogP contribution in [0.2, 0.25) is 0 Å². The third kappa shape index (κ3) is 4.55. The summed E-state index contributed by atoms with van der Waals surface area (Å²) >= 11 is 0. The highest BCUT2D eigenvalue weighted by Gasteiger charge is 2.43. The van der Waals surface area contributed by atoms with Crippen LogP contribution < -0.4 is 4.31 Å². The number of alkyl halides is 6. The first kappa shape index (κ1) is 22.4. The van der Waals surface area contributed by atoms with Gasteiger partial charge in [0.1, 0.15) is 0 Å². The summed E-state index contributed by atoms with van der Waals surface area (Å²) in [7, 11) is -3.90. The Morgan fingerprint density at radius 2 is 1.64 bits per heavy atom. The molecule has 5 nitrogen and oxygen atoms in total. The van der Waals surface area contributed by atoms with Crippen molar-refractivity contribution in [3.05, 3.63) is 41.0 Å². The van der Waals surface area contributed by atoms with Gasteiger partial charge in [-0.1, -0.05) is 6.92 Å². The number of benzene rings is 1. The molecule has 0 amide bonds. The van der Waals surface area contributed by atoms with Crippen molar-refractivity contribution in [1.82, 2.24) is 0 Å². The van der Waals surface area contributed by atoms with Crippen LogP contribution in [0.15, 0.2) is 29.8 Å². The van der Waals surface area contributed by atoms with Crippen LogP contribution >= 0.6 is 10.8 Å². The molecule has 1 fully saturated rings. The predicted octanol–water partition coefficient (Wildman–Crippen LogP) is 5.39. The van der Waals surface area contributed by atoms with Gasteiger partial charge < -0.3 is 5.11 Å². The fourth-order valence-corrected chi connectivity index (χ4v) is 5.18. The number of halogens is 6. The molecule has 0 bridgehead atoms. The summed E-state index contributed by atoms with van der Waals surface area (Å²) in [6.45, 7) is 1.31. The Hall–Kier alpha value is -1.92. The van der Waals surface area contributed by atoms with Crippen LogP contribution in [0.4, 0.5) is 32.0 Å². The monoisotopic (exact) mass is 433 g/mol. The number of nitrogens with zero attached hydrogens (tertiary/aromatic N) is 1. The first-order chi connectivity index (χ1) is 12.7. The van der Waals surface area contributed by atoms with Crippen LogP contribution in [0, 0.1) is 0 Å². The lowest BCUT2D eigenvalue weighted by Crippen LogP contribution is -2.27. The molecule has 0 radical (unpaired) electrons.